The van der Waals surface area contributed by atoms with E-state index in [0.29, 0.717) is 12.1 Å². The number of aromatic nitrogens is 1. The maximum absolute atomic E-state index is 10.2. The molecule has 2 N–H and O–H groups in total. The molecule has 0 atom stereocenters. The van der Waals surface area contributed by atoms with Crippen molar-refractivity contribution < 1.29 is 24.3 Å². The van der Waals surface area contributed by atoms with E-state index in [1.807, 2.05) is 0 Å². The Hall–Kier alpha value is -1.60. The lowest BCUT2D eigenvalue weighted by Gasteiger charge is -2.03. The summed E-state index contributed by atoms with van der Waals surface area (Å²) >= 11 is 0. The van der Waals surface area contributed by atoms with E-state index in [0.717, 1.165) is 5.56 Å². The van der Waals surface area contributed by atoms with E-state index in [2.05, 4.69) is 4.98 Å². The standard InChI is InChI=1S/C8H8BNO5/c11-8(12)4-14-7-1-6-5(2-10-7)3-15-9(6)13/h1-2,13H,3-4H2,(H,11,12). The molecule has 0 amide bonds. The van der Waals surface area contributed by atoms with E-state index >= 15 is 0 Å². The van der Waals surface area contributed by atoms with Crippen molar-refractivity contribution in [2.24, 2.45) is 0 Å². The number of carboxylic acids is 1. The van der Waals surface area contributed by atoms with Crippen LogP contribution < -0.4 is 10.2 Å². The van der Waals surface area contributed by atoms with Gasteiger partial charge < -0.3 is 19.5 Å². The zero-order valence-electron chi connectivity index (χ0n) is 7.71. The molecule has 0 aromatic carbocycles. The Kier molecular flexibility index (Phi) is 2.57. The number of hydrogen-bond donors (Lipinski definition) is 2. The van der Waals surface area contributed by atoms with Crippen molar-refractivity contribution in [1.82, 2.24) is 4.98 Å². The fraction of sp³-hybridized carbons (Fsp3) is 0.250. The largest absolute Gasteiger partial charge is 0.492 e. The van der Waals surface area contributed by atoms with Crippen LogP contribution in [0, 0.1) is 0 Å². The van der Waals surface area contributed by atoms with Crippen LogP contribution in [-0.2, 0) is 16.1 Å². The first-order chi connectivity index (χ1) is 7.16. The molecule has 0 saturated heterocycles. The molecule has 6 nitrogen and oxygen atoms in total. The summed E-state index contributed by atoms with van der Waals surface area (Å²) in [6, 6.07) is 1.48. The van der Waals surface area contributed by atoms with Crippen LogP contribution in [0.15, 0.2) is 12.3 Å². The predicted octanol–water partition coefficient (Wildman–Crippen LogP) is -1.24. The van der Waals surface area contributed by atoms with Gasteiger partial charge in [0.15, 0.2) is 6.61 Å². The van der Waals surface area contributed by atoms with E-state index in [1.165, 1.54) is 12.3 Å². The van der Waals surface area contributed by atoms with E-state index in [1.54, 1.807) is 0 Å². The normalized spacial score (nSPS) is 13.8. The van der Waals surface area contributed by atoms with Gasteiger partial charge in [0, 0.05) is 12.3 Å². The first kappa shape index (κ1) is 9.94. The summed E-state index contributed by atoms with van der Waals surface area (Å²) in [6.07, 6.45) is 1.50. The average Bonchev–Trinajstić information content (AvgIpc) is 2.57. The molecule has 15 heavy (non-hydrogen) atoms. The van der Waals surface area contributed by atoms with Crippen LogP contribution in [0.3, 0.4) is 0 Å². The minimum atomic E-state index is -1.07. The highest BCUT2D eigenvalue weighted by molar-refractivity contribution is 6.61. The van der Waals surface area contributed by atoms with Crippen molar-refractivity contribution in [2.75, 3.05) is 6.61 Å². The third-order valence-corrected chi connectivity index (χ3v) is 2.00. The van der Waals surface area contributed by atoms with Gasteiger partial charge in [0.05, 0.1) is 6.61 Å². The summed E-state index contributed by atoms with van der Waals surface area (Å²) in [5.74, 6) is -0.908. The van der Waals surface area contributed by atoms with Gasteiger partial charge in [-0.1, -0.05) is 0 Å². The van der Waals surface area contributed by atoms with Crippen molar-refractivity contribution in [1.29, 1.82) is 0 Å². The van der Waals surface area contributed by atoms with Gasteiger partial charge in [0.25, 0.3) is 0 Å². The van der Waals surface area contributed by atoms with Gasteiger partial charge in [-0.05, 0) is 11.0 Å². The molecule has 0 saturated carbocycles. The average molecular weight is 209 g/mol. The number of hydrogen-bond acceptors (Lipinski definition) is 5. The summed E-state index contributed by atoms with van der Waals surface area (Å²) in [5, 5.41) is 17.8. The molecule has 0 spiro atoms. The van der Waals surface area contributed by atoms with Gasteiger partial charge in [0.1, 0.15) is 0 Å². The van der Waals surface area contributed by atoms with Crippen LogP contribution in [-0.4, -0.2) is 34.8 Å². The summed E-state index contributed by atoms with van der Waals surface area (Å²) in [7, 11) is -0.977. The first-order valence-electron chi connectivity index (χ1n) is 4.30. The van der Waals surface area contributed by atoms with E-state index in [-0.39, 0.29) is 5.88 Å². The Labute approximate surface area is 85.6 Å². The van der Waals surface area contributed by atoms with Crippen LogP contribution >= 0.6 is 0 Å². The molecule has 1 aromatic heterocycles. The molecule has 0 fully saturated rings. The molecular formula is C8H8BNO5. The van der Waals surface area contributed by atoms with Crippen molar-refractivity contribution in [3.8, 4) is 5.88 Å². The zero-order valence-corrected chi connectivity index (χ0v) is 7.71. The second kappa shape index (κ2) is 3.88. The number of fused-ring (bicyclic) bond motifs is 1. The number of aliphatic carboxylic acids is 1. The lowest BCUT2D eigenvalue weighted by Crippen LogP contribution is -2.28. The maximum atomic E-state index is 10.2. The number of carbonyl (C=O) groups is 1. The Bertz CT molecular complexity index is 397. The molecule has 0 bridgehead atoms. The lowest BCUT2D eigenvalue weighted by atomic mass is 9.80. The van der Waals surface area contributed by atoms with Gasteiger partial charge in [-0.15, -0.1) is 0 Å². The fourth-order valence-electron chi connectivity index (χ4n) is 1.30. The Morgan fingerprint density at radius 2 is 2.53 bits per heavy atom. The molecule has 2 heterocycles. The predicted molar refractivity (Wildman–Crippen MR) is 49.8 cm³/mol. The zero-order chi connectivity index (χ0) is 10.8. The second-order valence-electron chi connectivity index (χ2n) is 3.07. The number of carboxylic acid groups (broad SMARTS) is 1. The molecule has 2 rings (SSSR count). The summed E-state index contributed by atoms with van der Waals surface area (Å²) in [4.78, 5) is 14.1. The van der Waals surface area contributed by atoms with Gasteiger partial charge in [-0.2, -0.15) is 0 Å². The lowest BCUT2D eigenvalue weighted by molar-refractivity contribution is -0.139. The van der Waals surface area contributed by atoms with Crippen LogP contribution in [0.1, 0.15) is 5.56 Å². The third kappa shape index (κ3) is 2.08. The highest BCUT2D eigenvalue weighted by Gasteiger charge is 2.28. The summed E-state index contributed by atoms with van der Waals surface area (Å²) in [5.41, 5.74) is 1.36. The van der Waals surface area contributed by atoms with Crippen LogP contribution in [0.25, 0.3) is 0 Å². The van der Waals surface area contributed by atoms with Crippen LogP contribution in [0.2, 0.25) is 0 Å². The van der Waals surface area contributed by atoms with Gasteiger partial charge >= 0.3 is 13.1 Å². The van der Waals surface area contributed by atoms with Crippen molar-refractivity contribution in [3.63, 3.8) is 0 Å². The maximum Gasteiger partial charge on any atom is 0.492 e. The minimum absolute atomic E-state index is 0.167. The number of pyridine rings is 1. The molecule has 78 valence electrons. The number of rotatable bonds is 3. The Balaban J connectivity index is 2.14. The van der Waals surface area contributed by atoms with Gasteiger partial charge in [0.2, 0.25) is 5.88 Å². The van der Waals surface area contributed by atoms with Gasteiger partial charge in [-0.25, -0.2) is 9.78 Å². The molecular weight excluding hydrogens is 201 g/mol. The molecule has 7 heteroatoms. The second-order valence-corrected chi connectivity index (χ2v) is 3.07. The van der Waals surface area contributed by atoms with Crippen molar-refractivity contribution in [2.45, 2.75) is 6.61 Å². The van der Waals surface area contributed by atoms with Crippen molar-refractivity contribution >= 4 is 18.6 Å². The molecule has 0 radical (unpaired) electrons. The minimum Gasteiger partial charge on any atom is -0.479 e. The third-order valence-electron chi connectivity index (χ3n) is 2.00. The van der Waals surface area contributed by atoms with Gasteiger partial charge in [-0.3, -0.25) is 0 Å². The summed E-state index contributed by atoms with van der Waals surface area (Å²) < 4.78 is 9.81. The fourth-order valence-corrected chi connectivity index (χ4v) is 1.30. The Morgan fingerprint density at radius 1 is 1.73 bits per heavy atom. The number of nitrogens with zero attached hydrogens (tertiary/aromatic N) is 1. The van der Waals surface area contributed by atoms with E-state index in [4.69, 9.17) is 14.5 Å². The highest BCUT2D eigenvalue weighted by atomic mass is 16.5. The molecule has 0 unspecified atom stereocenters. The summed E-state index contributed by atoms with van der Waals surface area (Å²) in [6.45, 7) is -0.147. The molecule has 1 aromatic rings. The SMILES string of the molecule is O=C(O)COc1cc2c(cn1)COB2O. The highest BCUT2D eigenvalue weighted by Crippen LogP contribution is 2.12. The Morgan fingerprint density at radius 3 is 3.27 bits per heavy atom. The molecule has 0 aliphatic carbocycles. The number of ether oxygens (including phenoxy) is 1. The smallest absolute Gasteiger partial charge is 0.479 e. The van der Waals surface area contributed by atoms with Crippen LogP contribution in [0.4, 0.5) is 0 Å². The monoisotopic (exact) mass is 209 g/mol. The van der Waals surface area contributed by atoms with Crippen LogP contribution in [0.5, 0.6) is 5.88 Å². The topological polar surface area (TPSA) is 88.9 Å². The van der Waals surface area contributed by atoms with E-state index in [9.17, 15) is 9.82 Å². The molecule has 1 aliphatic rings. The molecule has 1 aliphatic heterocycles. The first-order valence-corrected chi connectivity index (χ1v) is 4.30. The quantitative estimate of drug-likeness (QED) is 0.605. The van der Waals surface area contributed by atoms with E-state index < -0.39 is 19.7 Å². The van der Waals surface area contributed by atoms with Crippen molar-refractivity contribution in [3.05, 3.63) is 17.8 Å².